The third-order valence-corrected chi connectivity index (χ3v) is 3.69. The van der Waals surface area contributed by atoms with Crippen LogP contribution in [0.15, 0.2) is 34.9 Å². The summed E-state index contributed by atoms with van der Waals surface area (Å²) in [5.41, 5.74) is 3.09. The lowest BCUT2D eigenvalue weighted by atomic mass is 10.1. The van der Waals surface area contributed by atoms with E-state index in [-0.39, 0.29) is 0 Å². The van der Waals surface area contributed by atoms with Crippen molar-refractivity contribution >= 4 is 16.9 Å². The van der Waals surface area contributed by atoms with Crippen LogP contribution in [0, 0.1) is 0 Å². The molecule has 0 unspecified atom stereocenters. The lowest BCUT2D eigenvalue weighted by Crippen LogP contribution is -2.08. The van der Waals surface area contributed by atoms with Crippen molar-refractivity contribution in [3.63, 3.8) is 0 Å². The number of anilines is 1. The molecule has 1 aromatic carbocycles. The van der Waals surface area contributed by atoms with Crippen LogP contribution in [-0.4, -0.2) is 34.9 Å². The Labute approximate surface area is 141 Å². The van der Waals surface area contributed by atoms with Crippen LogP contribution in [0.3, 0.4) is 0 Å². The van der Waals surface area contributed by atoms with E-state index in [1.165, 1.54) is 0 Å². The Morgan fingerprint density at radius 2 is 1.96 bits per heavy atom. The Bertz CT molecular complexity index is 786. The number of benzene rings is 1. The normalized spacial score (nSPS) is 11.1. The van der Waals surface area contributed by atoms with Gasteiger partial charge < -0.3 is 14.6 Å². The largest absolute Gasteiger partial charge is 0.382 e. The second-order valence-corrected chi connectivity index (χ2v) is 5.39. The van der Waals surface area contributed by atoms with E-state index in [2.05, 4.69) is 20.4 Å². The SMILES string of the molecule is CCOCCCNc1nc(CC)nc2c(-c3ccccc3)noc12. The summed E-state index contributed by atoms with van der Waals surface area (Å²) >= 11 is 0. The van der Waals surface area contributed by atoms with Crippen LogP contribution in [0.2, 0.25) is 0 Å². The fourth-order valence-electron chi connectivity index (χ4n) is 2.47. The molecule has 3 aromatic rings. The quantitative estimate of drug-likeness (QED) is 0.637. The fourth-order valence-corrected chi connectivity index (χ4v) is 2.47. The van der Waals surface area contributed by atoms with Gasteiger partial charge in [-0.05, 0) is 13.3 Å². The van der Waals surface area contributed by atoms with Gasteiger partial charge in [-0.25, -0.2) is 9.97 Å². The van der Waals surface area contributed by atoms with Crippen molar-refractivity contribution in [2.45, 2.75) is 26.7 Å². The number of fused-ring (bicyclic) bond motifs is 1. The van der Waals surface area contributed by atoms with Crippen LogP contribution in [-0.2, 0) is 11.2 Å². The van der Waals surface area contributed by atoms with E-state index >= 15 is 0 Å². The molecule has 24 heavy (non-hydrogen) atoms. The molecule has 2 aromatic heterocycles. The van der Waals surface area contributed by atoms with Gasteiger partial charge in [0, 0.05) is 31.7 Å². The minimum Gasteiger partial charge on any atom is -0.382 e. The molecular formula is C18H22N4O2. The molecule has 0 amide bonds. The molecule has 6 heteroatoms. The van der Waals surface area contributed by atoms with Gasteiger partial charge in [0.05, 0.1) is 0 Å². The maximum atomic E-state index is 5.54. The van der Waals surface area contributed by atoms with E-state index in [1.807, 2.05) is 44.2 Å². The van der Waals surface area contributed by atoms with Gasteiger partial charge in [0.1, 0.15) is 17.0 Å². The van der Waals surface area contributed by atoms with Crippen molar-refractivity contribution in [1.82, 2.24) is 15.1 Å². The molecule has 0 saturated heterocycles. The topological polar surface area (TPSA) is 73.1 Å². The molecule has 0 fully saturated rings. The zero-order valence-corrected chi connectivity index (χ0v) is 14.1. The molecule has 0 saturated carbocycles. The Morgan fingerprint density at radius 3 is 2.71 bits per heavy atom. The van der Waals surface area contributed by atoms with E-state index in [9.17, 15) is 0 Å². The molecule has 3 rings (SSSR count). The molecule has 0 aliphatic heterocycles. The average Bonchev–Trinajstić information content (AvgIpc) is 3.06. The van der Waals surface area contributed by atoms with E-state index < -0.39 is 0 Å². The minimum absolute atomic E-state index is 0.600. The highest BCUT2D eigenvalue weighted by Gasteiger charge is 2.17. The predicted octanol–water partition coefficient (Wildman–Crippen LogP) is 3.69. The Kier molecular flexibility index (Phi) is 5.38. The molecule has 0 atom stereocenters. The maximum Gasteiger partial charge on any atom is 0.228 e. The Morgan fingerprint density at radius 1 is 1.12 bits per heavy atom. The minimum atomic E-state index is 0.600. The van der Waals surface area contributed by atoms with Gasteiger partial charge in [-0.3, -0.25) is 0 Å². The number of aryl methyl sites for hydroxylation is 1. The zero-order chi connectivity index (χ0) is 16.8. The first-order valence-electron chi connectivity index (χ1n) is 8.36. The van der Waals surface area contributed by atoms with E-state index in [0.717, 1.165) is 55.2 Å². The third-order valence-electron chi connectivity index (χ3n) is 3.69. The first-order valence-corrected chi connectivity index (χ1v) is 8.36. The first kappa shape index (κ1) is 16.4. The standard InChI is InChI=1S/C18H22N4O2/c1-3-14-20-16-15(13-9-6-5-7-10-13)22-24-17(16)18(21-14)19-11-8-12-23-4-2/h5-7,9-10H,3-4,8,11-12H2,1-2H3,(H,19,20,21). The van der Waals surface area contributed by atoms with Crippen molar-refractivity contribution in [2.24, 2.45) is 0 Å². The summed E-state index contributed by atoms with van der Waals surface area (Å²) in [6.45, 7) is 6.26. The maximum absolute atomic E-state index is 5.54. The lowest BCUT2D eigenvalue weighted by molar-refractivity contribution is 0.147. The van der Waals surface area contributed by atoms with Crippen molar-refractivity contribution < 1.29 is 9.26 Å². The highest BCUT2D eigenvalue weighted by atomic mass is 16.5. The molecular weight excluding hydrogens is 304 g/mol. The first-order chi connectivity index (χ1) is 11.8. The second-order valence-electron chi connectivity index (χ2n) is 5.39. The van der Waals surface area contributed by atoms with Gasteiger partial charge in [0.25, 0.3) is 0 Å². The number of aromatic nitrogens is 3. The van der Waals surface area contributed by atoms with E-state index in [1.54, 1.807) is 0 Å². The van der Waals surface area contributed by atoms with Crippen LogP contribution in [0.1, 0.15) is 26.1 Å². The lowest BCUT2D eigenvalue weighted by Gasteiger charge is -2.07. The molecule has 0 radical (unpaired) electrons. The number of nitrogens with one attached hydrogen (secondary N) is 1. The average molecular weight is 326 g/mol. The molecule has 126 valence electrons. The monoisotopic (exact) mass is 326 g/mol. The van der Waals surface area contributed by atoms with Gasteiger partial charge in [-0.1, -0.05) is 42.4 Å². The Hall–Kier alpha value is -2.47. The van der Waals surface area contributed by atoms with Crippen LogP contribution in [0.5, 0.6) is 0 Å². The van der Waals surface area contributed by atoms with Crippen molar-refractivity contribution in [2.75, 3.05) is 25.1 Å². The molecule has 0 aliphatic carbocycles. The molecule has 0 aliphatic rings. The number of nitrogens with zero attached hydrogens (tertiary/aromatic N) is 3. The molecule has 0 spiro atoms. The predicted molar refractivity (Wildman–Crippen MR) is 94.0 cm³/mol. The molecule has 2 heterocycles. The summed E-state index contributed by atoms with van der Waals surface area (Å²) in [5.74, 6) is 1.47. The summed E-state index contributed by atoms with van der Waals surface area (Å²) in [4.78, 5) is 9.16. The molecule has 6 nitrogen and oxygen atoms in total. The van der Waals surface area contributed by atoms with Crippen molar-refractivity contribution in [3.8, 4) is 11.3 Å². The fraction of sp³-hybridized carbons (Fsp3) is 0.389. The van der Waals surface area contributed by atoms with Crippen LogP contribution >= 0.6 is 0 Å². The van der Waals surface area contributed by atoms with E-state index in [0.29, 0.717) is 11.4 Å². The van der Waals surface area contributed by atoms with Crippen LogP contribution in [0.4, 0.5) is 5.82 Å². The van der Waals surface area contributed by atoms with Crippen LogP contribution in [0.25, 0.3) is 22.4 Å². The summed E-state index contributed by atoms with van der Waals surface area (Å²) in [6.07, 6.45) is 1.66. The van der Waals surface area contributed by atoms with Crippen molar-refractivity contribution in [3.05, 3.63) is 36.2 Å². The number of rotatable bonds is 8. The summed E-state index contributed by atoms with van der Waals surface area (Å²) in [5, 5.41) is 7.54. The molecule has 0 bridgehead atoms. The highest BCUT2D eigenvalue weighted by molar-refractivity contribution is 5.93. The Balaban J connectivity index is 1.90. The number of hydrogen-bond donors (Lipinski definition) is 1. The smallest absolute Gasteiger partial charge is 0.228 e. The zero-order valence-electron chi connectivity index (χ0n) is 14.1. The number of hydrogen-bond acceptors (Lipinski definition) is 6. The van der Waals surface area contributed by atoms with Gasteiger partial charge in [-0.15, -0.1) is 0 Å². The third kappa shape index (κ3) is 3.54. The summed E-state index contributed by atoms with van der Waals surface area (Å²) in [6, 6.07) is 9.93. The van der Waals surface area contributed by atoms with Crippen LogP contribution < -0.4 is 5.32 Å². The van der Waals surface area contributed by atoms with Crippen molar-refractivity contribution in [1.29, 1.82) is 0 Å². The number of ether oxygens (including phenoxy) is 1. The highest BCUT2D eigenvalue weighted by Crippen LogP contribution is 2.30. The summed E-state index contributed by atoms with van der Waals surface area (Å²) in [7, 11) is 0. The van der Waals surface area contributed by atoms with Gasteiger partial charge in [0.15, 0.2) is 5.82 Å². The second kappa shape index (κ2) is 7.88. The van der Waals surface area contributed by atoms with Gasteiger partial charge in [0.2, 0.25) is 5.58 Å². The van der Waals surface area contributed by atoms with E-state index in [4.69, 9.17) is 9.26 Å². The van der Waals surface area contributed by atoms with Gasteiger partial charge in [-0.2, -0.15) is 0 Å². The summed E-state index contributed by atoms with van der Waals surface area (Å²) < 4.78 is 10.9. The molecule has 1 N–H and O–H groups in total. The van der Waals surface area contributed by atoms with Gasteiger partial charge >= 0.3 is 0 Å².